The van der Waals surface area contributed by atoms with Gasteiger partial charge in [-0.25, -0.2) is 5.84 Å². The van der Waals surface area contributed by atoms with Crippen LogP contribution in [0.2, 0.25) is 0 Å². The van der Waals surface area contributed by atoms with Gasteiger partial charge in [0.05, 0.1) is 5.92 Å². The molecule has 0 saturated heterocycles. The molecule has 0 aliphatic heterocycles. The molecule has 1 aromatic rings. The van der Waals surface area contributed by atoms with Crippen molar-refractivity contribution in [2.24, 2.45) is 5.84 Å². The predicted octanol–water partition coefficient (Wildman–Crippen LogP) is 0.841. The SMILES string of the molecule is CC(C(=O)NN)c1ccsc1. The van der Waals surface area contributed by atoms with Gasteiger partial charge in [0.25, 0.3) is 0 Å². The van der Waals surface area contributed by atoms with Crippen molar-refractivity contribution in [1.29, 1.82) is 0 Å². The summed E-state index contributed by atoms with van der Waals surface area (Å²) in [7, 11) is 0. The molecule has 0 radical (unpaired) electrons. The first kappa shape index (κ1) is 8.23. The summed E-state index contributed by atoms with van der Waals surface area (Å²) in [4.78, 5) is 11.0. The smallest absolute Gasteiger partial charge is 0.241 e. The average molecular weight is 170 g/mol. The molecule has 1 rings (SSSR count). The summed E-state index contributed by atoms with van der Waals surface area (Å²) < 4.78 is 0. The van der Waals surface area contributed by atoms with Gasteiger partial charge in [0, 0.05) is 0 Å². The normalized spacial score (nSPS) is 12.5. The third kappa shape index (κ3) is 1.78. The van der Waals surface area contributed by atoms with Crippen LogP contribution in [0.4, 0.5) is 0 Å². The van der Waals surface area contributed by atoms with Crippen LogP contribution < -0.4 is 11.3 Å². The second kappa shape index (κ2) is 3.50. The predicted molar refractivity (Wildman–Crippen MR) is 45.1 cm³/mol. The summed E-state index contributed by atoms with van der Waals surface area (Å²) in [6, 6.07) is 1.92. The molecule has 0 aromatic carbocycles. The lowest BCUT2D eigenvalue weighted by Crippen LogP contribution is -2.33. The van der Waals surface area contributed by atoms with Crippen LogP contribution in [-0.4, -0.2) is 5.91 Å². The van der Waals surface area contributed by atoms with E-state index in [0.717, 1.165) is 5.56 Å². The molecule has 4 heteroatoms. The number of hydrogen-bond donors (Lipinski definition) is 2. The molecule has 3 N–H and O–H groups in total. The lowest BCUT2D eigenvalue weighted by Gasteiger charge is -2.05. The van der Waals surface area contributed by atoms with E-state index in [2.05, 4.69) is 5.43 Å². The molecular formula is C7H10N2OS. The third-order valence-corrected chi connectivity index (χ3v) is 2.28. The van der Waals surface area contributed by atoms with Crippen molar-refractivity contribution in [2.45, 2.75) is 12.8 Å². The van der Waals surface area contributed by atoms with Gasteiger partial charge in [-0.15, -0.1) is 0 Å². The maximum absolute atomic E-state index is 11.0. The lowest BCUT2D eigenvalue weighted by molar-refractivity contribution is -0.122. The maximum atomic E-state index is 11.0. The molecule has 1 atom stereocenters. The van der Waals surface area contributed by atoms with E-state index < -0.39 is 0 Å². The van der Waals surface area contributed by atoms with Gasteiger partial charge in [-0.2, -0.15) is 11.3 Å². The molecular weight excluding hydrogens is 160 g/mol. The second-order valence-electron chi connectivity index (χ2n) is 2.29. The van der Waals surface area contributed by atoms with Crippen molar-refractivity contribution in [3.63, 3.8) is 0 Å². The Morgan fingerprint density at radius 1 is 1.82 bits per heavy atom. The fourth-order valence-corrected chi connectivity index (χ4v) is 1.55. The highest BCUT2D eigenvalue weighted by molar-refractivity contribution is 7.08. The summed E-state index contributed by atoms with van der Waals surface area (Å²) in [5, 5.41) is 3.88. The van der Waals surface area contributed by atoms with Crippen LogP contribution >= 0.6 is 11.3 Å². The van der Waals surface area contributed by atoms with Crippen molar-refractivity contribution in [1.82, 2.24) is 5.43 Å². The lowest BCUT2D eigenvalue weighted by atomic mass is 10.1. The molecule has 0 aliphatic rings. The molecule has 0 spiro atoms. The number of hydrazine groups is 1. The minimum Gasteiger partial charge on any atom is -0.294 e. The van der Waals surface area contributed by atoms with Gasteiger partial charge in [0.2, 0.25) is 5.91 Å². The highest BCUT2D eigenvalue weighted by Gasteiger charge is 2.13. The first-order chi connectivity index (χ1) is 5.25. The summed E-state index contributed by atoms with van der Waals surface area (Å²) in [6.45, 7) is 1.82. The van der Waals surface area contributed by atoms with Crippen LogP contribution in [0, 0.1) is 0 Å². The van der Waals surface area contributed by atoms with Crippen LogP contribution in [0.5, 0.6) is 0 Å². The van der Waals surface area contributed by atoms with Gasteiger partial charge in [0.15, 0.2) is 0 Å². The third-order valence-electron chi connectivity index (χ3n) is 1.58. The fourth-order valence-electron chi connectivity index (χ4n) is 0.798. The zero-order valence-corrected chi connectivity index (χ0v) is 7.02. The Balaban J connectivity index is 2.70. The van der Waals surface area contributed by atoms with E-state index in [4.69, 9.17) is 5.84 Å². The van der Waals surface area contributed by atoms with E-state index >= 15 is 0 Å². The number of rotatable bonds is 2. The summed E-state index contributed by atoms with van der Waals surface area (Å²) in [5.41, 5.74) is 3.13. The number of carbonyl (C=O) groups excluding carboxylic acids is 1. The molecule has 1 amide bonds. The highest BCUT2D eigenvalue weighted by Crippen LogP contribution is 2.17. The number of thiophene rings is 1. The molecule has 0 saturated carbocycles. The molecule has 1 unspecified atom stereocenters. The minimum atomic E-state index is -0.150. The van der Waals surface area contributed by atoms with Crippen LogP contribution in [-0.2, 0) is 4.79 Å². The fraction of sp³-hybridized carbons (Fsp3) is 0.286. The van der Waals surface area contributed by atoms with Crippen molar-refractivity contribution in [2.75, 3.05) is 0 Å². The Morgan fingerprint density at radius 3 is 3.00 bits per heavy atom. The molecule has 1 heterocycles. The molecule has 0 bridgehead atoms. The average Bonchev–Trinajstić information content (AvgIpc) is 2.53. The first-order valence-corrected chi connectivity index (χ1v) is 4.22. The molecule has 0 aliphatic carbocycles. The summed E-state index contributed by atoms with van der Waals surface area (Å²) in [6.07, 6.45) is 0. The molecule has 11 heavy (non-hydrogen) atoms. The first-order valence-electron chi connectivity index (χ1n) is 3.28. The second-order valence-corrected chi connectivity index (χ2v) is 3.07. The molecule has 1 aromatic heterocycles. The monoisotopic (exact) mass is 170 g/mol. The van der Waals surface area contributed by atoms with Crippen molar-refractivity contribution < 1.29 is 4.79 Å². The number of nitrogens with two attached hydrogens (primary N) is 1. The quantitative estimate of drug-likeness (QED) is 0.392. The van der Waals surface area contributed by atoms with E-state index in [-0.39, 0.29) is 11.8 Å². The Hall–Kier alpha value is -0.870. The van der Waals surface area contributed by atoms with Gasteiger partial charge in [-0.3, -0.25) is 10.2 Å². The van der Waals surface area contributed by atoms with Crippen LogP contribution in [0.15, 0.2) is 16.8 Å². The highest BCUT2D eigenvalue weighted by atomic mass is 32.1. The Labute approximate surface area is 69.2 Å². The number of hydrogen-bond acceptors (Lipinski definition) is 3. The Bertz CT molecular complexity index is 233. The maximum Gasteiger partial charge on any atom is 0.241 e. The molecule has 60 valence electrons. The number of nitrogens with one attached hydrogen (secondary N) is 1. The van der Waals surface area contributed by atoms with Crippen molar-refractivity contribution in [3.05, 3.63) is 22.4 Å². The van der Waals surface area contributed by atoms with E-state index in [1.165, 1.54) is 0 Å². The standard InChI is InChI=1S/C7H10N2OS/c1-5(7(10)9-8)6-2-3-11-4-6/h2-5H,8H2,1H3,(H,9,10). The van der Waals surface area contributed by atoms with Gasteiger partial charge in [0.1, 0.15) is 0 Å². The molecule has 3 nitrogen and oxygen atoms in total. The van der Waals surface area contributed by atoms with Crippen molar-refractivity contribution >= 4 is 17.2 Å². The zero-order chi connectivity index (χ0) is 8.27. The van der Waals surface area contributed by atoms with E-state index in [1.807, 2.05) is 23.8 Å². The molecule has 0 fully saturated rings. The van der Waals surface area contributed by atoms with E-state index in [1.54, 1.807) is 11.3 Å². The van der Waals surface area contributed by atoms with Crippen LogP contribution in [0.1, 0.15) is 18.4 Å². The topological polar surface area (TPSA) is 55.1 Å². The Morgan fingerprint density at radius 2 is 2.55 bits per heavy atom. The van der Waals surface area contributed by atoms with Gasteiger partial charge < -0.3 is 0 Å². The minimum absolute atomic E-state index is 0.147. The largest absolute Gasteiger partial charge is 0.294 e. The summed E-state index contributed by atoms with van der Waals surface area (Å²) in [5.74, 6) is 4.69. The van der Waals surface area contributed by atoms with Crippen molar-refractivity contribution in [3.8, 4) is 0 Å². The zero-order valence-electron chi connectivity index (χ0n) is 6.20. The van der Waals surface area contributed by atoms with Gasteiger partial charge in [-0.1, -0.05) is 0 Å². The Kier molecular flexibility index (Phi) is 2.62. The summed E-state index contributed by atoms with van der Waals surface area (Å²) >= 11 is 1.57. The van der Waals surface area contributed by atoms with Crippen LogP contribution in [0.3, 0.4) is 0 Å². The van der Waals surface area contributed by atoms with E-state index in [9.17, 15) is 4.79 Å². The number of amides is 1. The number of carbonyl (C=O) groups is 1. The van der Waals surface area contributed by atoms with Gasteiger partial charge >= 0.3 is 0 Å². The van der Waals surface area contributed by atoms with Gasteiger partial charge in [-0.05, 0) is 29.3 Å². The van der Waals surface area contributed by atoms with Crippen LogP contribution in [0.25, 0.3) is 0 Å². The van der Waals surface area contributed by atoms with E-state index in [0.29, 0.717) is 0 Å².